The quantitative estimate of drug-likeness (QED) is 0.824. The van der Waals surface area contributed by atoms with E-state index < -0.39 is 9.84 Å². The van der Waals surface area contributed by atoms with E-state index in [1.807, 2.05) is 0 Å². The summed E-state index contributed by atoms with van der Waals surface area (Å²) in [5.41, 5.74) is 0.720. The fraction of sp³-hybridized carbons (Fsp3) is 0.600. The van der Waals surface area contributed by atoms with Gasteiger partial charge in [-0.3, -0.25) is 0 Å². The van der Waals surface area contributed by atoms with Crippen molar-refractivity contribution in [2.45, 2.75) is 30.8 Å². The first-order valence-corrected chi connectivity index (χ1v) is 7.00. The van der Waals surface area contributed by atoms with Crippen LogP contribution in [0, 0.1) is 6.92 Å². The van der Waals surface area contributed by atoms with E-state index in [0.717, 1.165) is 25.1 Å². The molecule has 16 heavy (non-hydrogen) atoms. The number of rotatable bonds is 3. The molecule has 1 fully saturated rings. The standard InChI is InChI=1S/C10H15N3O2S/c1-8-4-5-10(13-12-8)16(14,15)7-9-3-2-6-11-9/h4-5,9,11H,2-3,6-7H2,1H3. The van der Waals surface area contributed by atoms with E-state index in [0.29, 0.717) is 0 Å². The summed E-state index contributed by atoms with van der Waals surface area (Å²) in [4.78, 5) is 0. The molecule has 1 atom stereocenters. The van der Waals surface area contributed by atoms with Gasteiger partial charge >= 0.3 is 0 Å². The van der Waals surface area contributed by atoms with Crippen molar-refractivity contribution in [1.29, 1.82) is 0 Å². The van der Waals surface area contributed by atoms with Crippen molar-refractivity contribution in [3.8, 4) is 0 Å². The third-order valence-electron chi connectivity index (χ3n) is 2.68. The normalized spacial score (nSPS) is 21.2. The van der Waals surface area contributed by atoms with Gasteiger partial charge < -0.3 is 5.32 Å². The highest BCUT2D eigenvalue weighted by Crippen LogP contribution is 2.13. The predicted molar refractivity (Wildman–Crippen MR) is 59.8 cm³/mol. The van der Waals surface area contributed by atoms with Gasteiger partial charge in [0.15, 0.2) is 14.9 Å². The molecule has 0 spiro atoms. The molecular formula is C10H15N3O2S. The number of hydrogen-bond acceptors (Lipinski definition) is 5. The molecule has 1 aromatic rings. The van der Waals surface area contributed by atoms with Crippen LogP contribution in [0.5, 0.6) is 0 Å². The zero-order valence-electron chi connectivity index (χ0n) is 9.18. The fourth-order valence-electron chi connectivity index (χ4n) is 1.80. The number of sulfone groups is 1. The predicted octanol–water partition coefficient (Wildman–Crippen LogP) is 0.311. The van der Waals surface area contributed by atoms with Gasteiger partial charge in [0.25, 0.3) is 0 Å². The molecule has 6 heteroatoms. The van der Waals surface area contributed by atoms with Crippen molar-refractivity contribution < 1.29 is 8.42 Å². The summed E-state index contributed by atoms with van der Waals surface area (Å²) in [6.07, 6.45) is 1.96. The molecule has 0 amide bonds. The van der Waals surface area contributed by atoms with Crippen LogP contribution in [0.3, 0.4) is 0 Å². The maximum atomic E-state index is 12.0. The highest BCUT2D eigenvalue weighted by atomic mass is 32.2. The van der Waals surface area contributed by atoms with Crippen molar-refractivity contribution in [3.05, 3.63) is 17.8 Å². The van der Waals surface area contributed by atoms with E-state index in [9.17, 15) is 8.42 Å². The molecule has 1 aromatic heterocycles. The smallest absolute Gasteiger partial charge is 0.198 e. The van der Waals surface area contributed by atoms with Crippen molar-refractivity contribution in [1.82, 2.24) is 15.5 Å². The van der Waals surface area contributed by atoms with Crippen LogP contribution in [0.15, 0.2) is 17.2 Å². The number of aromatic nitrogens is 2. The van der Waals surface area contributed by atoms with Crippen LogP contribution in [0.1, 0.15) is 18.5 Å². The van der Waals surface area contributed by atoms with Crippen molar-refractivity contribution in [3.63, 3.8) is 0 Å². The largest absolute Gasteiger partial charge is 0.313 e. The summed E-state index contributed by atoms with van der Waals surface area (Å²) < 4.78 is 23.9. The summed E-state index contributed by atoms with van der Waals surface area (Å²) in [5.74, 6) is 0.116. The van der Waals surface area contributed by atoms with Crippen LogP contribution in [-0.2, 0) is 9.84 Å². The maximum absolute atomic E-state index is 12.0. The highest BCUT2D eigenvalue weighted by molar-refractivity contribution is 7.91. The number of aryl methyl sites for hydroxylation is 1. The van der Waals surface area contributed by atoms with Crippen LogP contribution in [-0.4, -0.2) is 37.0 Å². The van der Waals surface area contributed by atoms with E-state index in [1.54, 1.807) is 13.0 Å². The minimum Gasteiger partial charge on any atom is -0.313 e. The molecule has 2 rings (SSSR count). The van der Waals surface area contributed by atoms with Gasteiger partial charge in [0, 0.05) is 6.04 Å². The first-order chi connectivity index (χ1) is 7.58. The summed E-state index contributed by atoms with van der Waals surface area (Å²) in [6, 6.07) is 3.25. The molecule has 0 aliphatic carbocycles. The summed E-state index contributed by atoms with van der Waals surface area (Å²) >= 11 is 0. The van der Waals surface area contributed by atoms with Gasteiger partial charge in [-0.1, -0.05) is 0 Å². The van der Waals surface area contributed by atoms with Gasteiger partial charge in [0.1, 0.15) is 0 Å². The number of nitrogens with one attached hydrogen (secondary N) is 1. The van der Waals surface area contributed by atoms with E-state index in [2.05, 4.69) is 15.5 Å². The molecule has 0 bridgehead atoms. The average Bonchev–Trinajstić information content (AvgIpc) is 2.70. The molecule has 1 aliphatic rings. The molecule has 88 valence electrons. The Morgan fingerprint density at radius 1 is 1.44 bits per heavy atom. The fourth-order valence-corrected chi connectivity index (χ4v) is 3.23. The molecule has 0 radical (unpaired) electrons. The van der Waals surface area contributed by atoms with Crippen molar-refractivity contribution >= 4 is 9.84 Å². The van der Waals surface area contributed by atoms with Crippen molar-refractivity contribution in [2.75, 3.05) is 12.3 Å². The topological polar surface area (TPSA) is 72.0 Å². The Morgan fingerprint density at radius 2 is 2.25 bits per heavy atom. The second kappa shape index (κ2) is 4.47. The van der Waals surface area contributed by atoms with Gasteiger partial charge in [0.2, 0.25) is 0 Å². The first-order valence-electron chi connectivity index (χ1n) is 5.34. The molecule has 1 aliphatic heterocycles. The van der Waals surface area contributed by atoms with E-state index in [4.69, 9.17) is 0 Å². The monoisotopic (exact) mass is 241 g/mol. The van der Waals surface area contributed by atoms with Crippen LogP contribution < -0.4 is 5.32 Å². The maximum Gasteiger partial charge on any atom is 0.198 e. The average molecular weight is 241 g/mol. The minimum atomic E-state index is -3.30. The minimum absolute atomic E-state index is 0.0631. The Morgan fingerprint density at radius 3 is 2.81 bits per heavy atom. The first kappa shape index (κ1) is 11.5. The lowest BCUT2D eigenvalue weighted by Gasteiger charge is -2.09. The molecule has 1 N–H and O–H groups in total. The van der Waals surface area contributed by atoms with Crippen molar-refractivity contribution in [2.24, 2.45) is 0 Å². The molecule has 5 nitrogen and oxygen atoms in total. The van der Waals surface area contributed by atoms with Gasteiger partial charge in [-0.05, 0) is 38.4 Å². The number of hydrogen-bond donors (Lipinski definition) is 1. The third-order valence-corrected chi connectivity index (χ3v) is 4.37. The van der Waals surface area contributed by atoms with E-state index in [-0.39, 0.29) is 16.8 Å². The molecule has 1 saturated heterocycles. The van der Waals surface area contributed by atoms with Crippen LogP contribution >= 0.6 is 0 Å². The summed E-state index contributed by atoms with van der Waals surface area (Å²) in [5, 5.41) is 10.7. The summed E-state index contributed by atoms with van der Waals surface area (Å²) in [6.45, 7) is 2.68. The third kappa shape index (κ3) is 2.56. The van der Waals surface area contributed by atoms with Crippen LogP contribution in [0.2, 0.25) is 0 Å². The Labute approximate surface area is 95.2 Å². The SMILES string of the molecule is Cc1ccc(S(=O)(=O)CC2CCCN2)nn1. The lowest BCUT2D eigenvalue weighted by molar-refractivity contribution is 0.571. The highest BCUT2D eigenvalue weighted by Gasteiger charge is 2.24. The molecule has 2 heterocycles. The van der Waals surface area contributed by atoms with E-state index in [1.165, 1.54) is 6.07 Å². The second-order valence-electron chi connectivity index (χ2n) is 4.09. The summed E-state index contributed by atoms with van der Waals surface area (Å²) in [7, 11) is -3.30. The van der Waals surface area contributed by atoms with Gasteiger partial charge in [-0.25, -0.2) is 8.42 Å². The van der Waals surface area contributed by atoms with Gasteiger partial charge in [-0.15, -0.1) is 5.10 Å². The van der Waals surface area contributed by atoms with Gasteiger partial charge in [0.05, 0.1) is 11.4 Å². The Balaban J connectivity index is 2.14. The lowest BCUT2D eigenvalue weighted by Crippen LogP contribution is -2.30. The Kier molecular flexibility index (Phi) is 3.20. The lowest BCUT2D eigenvalue weighted by atomic mass is 10.3. The van der Waals surface area contributed by atoms with Crippen LogP contribution in [0.25, 0.3) is 0 Å². The molecule has 0 saturated carbocycles. The van der Waals surface area contributed by atoms with Crippen LogP contribution in [0.4, 0.5) is 0 Å². The Bertz CT molecular complexity index is 449. The molecule has 1 unspecified atom stereocenters. The Hall–Kier alpha value is -1.01. The number of nitrogens with zero attached hydrogens (tertiary/aromatic N) is 2. The second-order valence-corrected chi connectivity index (χ2v) is 6.07. The van der Waals surface area contributed by atoms with E-state index >= 15 is 0 Å². The molecular weight excluding hydrogens is 226 g/mol. The zero-order chi connectivity index (χ0) is 11.6. The molecule has 0 aromatic carbocycles. The zero-order valence-corrected chi connectivity index (χ0v) is 10.00. The van der Waals surface area contributed by atoms with Gasteiger partial charge in [-0.2, -0.15) is 5.10 Å².